The predicted octanol–water partition coefficient (Wildman–Crippen LogP) is 16.5. The molecular formula is C56H67N5O2. The molecule has 1 aliphatic heterocycles. The predicted molar refractivity (Wildman–Crippen MR) is 260 cm³/mol. The number of nitrogens with zero attached hydrogens (tertiary/aromatic N) is 5. The average molecular weight is 842 g/mol. The SMILES string of the molecule is C=C(C)C(=O)OCCCCCCC1CCC(c2ccc(-c3ccc(CCCCCCc4ccc(N=Nc5ccc(N=Nc6ccc(N7CCCC7)cc6)cc5)cc4)cc3)cc2)CC1. The van der Waals surface area contributed by atoms with Gasteiger partial charge in [0.1, 0.15) is 0 Å². The summed E-state index contributed by atoms with van der Waals surface area (Å²) in [5, 5.41) is 17.7. The van der Waals surface area contributed by atoms with Crippen LogP contribution in [0.3, 0.4) is 0 Å². The number of esters is 1. The summed E-state index contributed by atoms with van der Waals surface area (Å²) in [7, 11) is 0. The van der Waals surface area contributed by atoms with Gasteiger partial charge in [0.15, 0.2) is 0 Å². The lowest BCUT2D eigenvalue weighted by atomic mass is 9.77. The van der Waals surface area contributed by atoms with E-state index in [0.29, 0.717) is 18.1 Å². The third-order valence-electron chi connectivity index (χ3n) is 13.0. The minimum atomic E-state index is -0.268. The lowest BCUT2D eigenvalue weighted by Crippen LogP contribution is -2.17. The zero-order valence-electron chi connectivity index (χ0n) is 37.6. The van der Waals surface area contributed by atoms with Crippen LogP contribution < -0.4 is 4.90 Å². The van der Waals surface area contributed by atoms with Crippen molar-refractivity contribution in [2.75, 3.05) is 24.6 Å². The van der Waals surface area contributed by atoms with Gasteiger partial charge < -0.3 is 9.64 Å². The molecule has 328 valence electrons. The summed E-state index contributed by atoms with van der Waals surface area (Å²) >= 11 is 0. The summed E-state index contributed by atoms with van der Waals surface area (Å²) < 4.78 is 5.21. The van der Waals surface area contributed by atoms with Crippen molar-refractivity contribution in [1.29, 1.82) is 0 Å². The number of carbonyl (C=O) groups is 1. The van der Waals surface area contributed by atoms with Crippen LogP contribution in [0.15, 0.2) is 154 Å². The molecule has 5 aromatic carbocycles. The van der Waals surface area contributed by atoms with E-state index < -0.39 is 0 Å². The van der Waals surface area contributed by atoms with Crippen LogP contribution in [0.4, 0.5) is 28.4 Å². The molecule has 7 nitrogen and oxygen atoms in total. The Hall–Kier alpha value is -5.69. The Morgan fingerprint density at radius 1 is 0.556 bits per heavy atom. The van der Waals surface area contributed by atoms with Gasteiger partial charge in [0.2, 0.25) is 0 Å². The van der Waals surface area contributed by atoms with E-state index in [-0.39, 0.29) is 5.97 Å². The fourth-order valence-electron chi connectivity index (χ4n) is 9.04. The van der Waals surface area contributed by atoms with E-state index in [4.69, 9.17) is 4.74 Å². The van der Waals surface area contributed by atoms with Crippen LogP contribution in [0, 0.1) is 5.92 Å². The number of anilines is 1. The second-order valence-corrected chi connectivity index (χ2v) is 17.9. The highest BCUT2D eigenvalue weighted by Crippen LogP contribution is 2.38. The summed E-state index contributed by atoms with van der Waals surface area (Å²) in [4.78, 5) is 13.9. The second-order valence-electron chi connectivity index (χ2n) is 17.9. The van der Waals surface area contributed by atoms with Crippen LogP contribution in [0.25, 0.3) is 11.1 Å². The van der Waals surface area contributed by atoms with Crippen molar-refractivity contribution in [2.45, 2.75) is 122 Å². The van der Waals surface area contributed by atoms with Crippen molar-refractivity contribution in [1.82, 2.24) is 0 Å². The highest BCUT2D eigenvalue weighted by atomic mass is 16.5. The molecule has 1 saturated heterocycles. The lowest BCUT2D eigenvalue weighted by molar-refractivity contribution is -0.139. The molecule has 1 saturated carbocycles. The summed E-state index contributed by atoms with van der Waals surface area (Å²) in [5.41, 5.74) is 11.9. The number of hydrogen-bond acceptors (Lipinski definition) is 7. The van der Waals surface area contributed by atoms with Crippen LogP contribution in [-0.2, 0) is 22.4 Å². The third-order valence-corrected chi connectivity index (χ3v) is 13.0. The Labute approximate surface area is 376 Å². The number of carbonyl (C=O) groups excluding carboxylic acids is 1. The third kappa shape index (κ3) is 14.7. The maximum absolute atomic E-state index is 11.5. The minimum absolute atomic E-state index is 0.268. The first kappa shape index (κ1) is 45.3. The molecule has 0 amide bonds. The van der Waals surface area contributed by atoms with Gasteiger partial charge in [-0.2, -0.15) is 20.5 Å². The Morgan fingerprint density at radius 3 is 1.52 bits per heavy atom. The van der Waals surface area contributed by atoms with Gasteiger partial charge in [-0.15, -0.1) is 0 Å². The van der Waals surface area contributed by atoms with Crippen LogP contribution in [0.5, 0.6) is 0 Å². The van der Waals surface area contributed by atoms with Gasteiger partial charge in [0.05, 0.1) is 29.4 Å². The standard InChI is InChI=1S/C56H67N5O2/c1-43(2)56(62)63-42-12-6-5-9-14-45-18-24-48(25-19-45)50-28-26-49(27-29-50)47-22-16-44(17-23-47)13-7-3-4-8-15-46-20-30-51(31-21-46)57-58-52-32-34-53(35-33-52)59-60-54-36-38-55(39-37-54)61-40-10-11-41-61/h16-17,20-23,26-39,45,48H,1,3-15,18-19,24-25,40-42H2,2H3. The zero-order chi connectivity index (χ0) is 43.5. The van der Waals surface area contributed by atoms with Gasteiger partial charge in [0, 0.05) is 24.4 Å². The van der Waals surface area contributed by atoms with E-state index >= 15 is 0 Å². The molecule has 0 spiro atoms. The number of azo groups is 2. The maximum atomic E-state index is 11.5. The number of ether oxygens (including phenoxy) is 1. The highest BCUT2D eigenvalue weighted by molar-refractivity contribution is 5.86. The molecule has 2 fully saturated rings. The number of hydrogen-bond donors (Lipinski definition) is 0. The summed E-state index contributed by atoms with van der Waals surface area (Å²) in [6.45, 7) is 8.12. The average Bonchev–Trinajstić information content (AvgIpc) is 3.88. The molecule has 7 heteroatoms. The van der Waals surface area contributed by atoms with E-state index in [9.17, 15) is 4.79 Å². The van der Waals surface area contributed by atoms with Gasteiger partial charge in [0.25, 0.3) is 0 Å². The van der Waals surface area contributed by atoms with Crippen molar-refractivity contribution >= 4 is 34.4 Å². The van der Waals surface area contributed by atoms with E-state index in [2.05, 4.69) is 117 Å². The van der Waals surface area contributed by atoms with Crippen LogP contribution in [-0.4, -0.2) is 25.7 Å². The molecule has 1 aliphatic carbocycles. The maximum Gasteiger partial charge on any atom is 0.333 e. The monoisotopic (exact) mass is 842 g/mol. The lowest BCUT2D eigenvalue weighted by Gasteiger charge is -2.29. The van der Waals surface area contributed by atoms with E-state index in [1.54, 1.807) is 6.92 Å². The first-order valence-corrected chi connectivity index (χ1v) is 23.8. The van der Waals surface area contributed by atoms with Crippen molar-refractivity contribution in [2.24, 2.45) is 26.4 Å². The summed E-state index contributed by atoms with van der Waals surface area (Å²) in [6, 6.07) is 43.1. The van der Waals surface area contributed by atoms with Crippen molar-refractivity contribution < 1.29 is 9.53 Å². The zero-order valence-corrected chi connectivity index (χ0v) is 37.6. The number of aryl methyl sites for hydroxylation is 2. The van der Waals surface area contributed by atoms with Crippen LogP contribution in [0.1, 0.15) is 126 Å². The molecule has 7 rings (SSSR count). The van der Waals surface area contributed by atoms with Crippen LogP contribution in [0.2, 0.25) is 0 Å². The largest absolute Gasteiger partial charge is 0.462 e. The summed E-state index contributed by atoms with van der Waals surface area (Å²) in [6.07, 6.45) is 20.9. The first-order chi connectivity index (χ1) is 30.9. The van der Waals surface area contributed by atoms with Crippen LogP contribution >= 0.6 is 0 Å². The molecule has 0 N–H and O–H groups in total. The second kappa shape index (κ2) is 24.2. The summed E-state index contributed by atoms with van der Waals surface area (Å²) in [5.74, 6) is 1.29. The van der Waals surface area contributed by atoms with Gasteiger partial charge in [-0.25, -0.2) is 4.79 Å². The first-order valence-electron chi connectivity index (χ1n) is 23.8. The molecular weight excluding hydrogens is 775 g/mol. The molecule has 63 heavy (non-hydrogen) atoms. The Morgan fingerprint density at radius 2 is 1.00 bits per heavy atom. The topological polar surface area (TPSA) is 79.0 Å². The molecule has 2 aliphatic rings. The highest BCUT2D eigenvalue weighted by Gasteiger charge is 2.22. The molecule has 0 bridgehead atoms. The number of unbranched alkanes of at least 4 members (excludes halogenated alkanes) is 6. The van der Waals surface area contributed by atoms with Gasteiger partial charge in [-0.3, -0.25) is 0 Å². The number of rotatable bonds is 22. The van der Waals surface area contributed by atoms with E-state index in [1.165, 1.54) is 117 Å². The molecule has 1 heterocycles. The number of benzene rings is 5. The normalized spacial score (nSPS) is 16.6. The molecule has 0 unspecified atom stereocenters. The van der Waals surface area contributed by atoms with Gasteiger partial charge in [-0.1, -0.05) is 106 Å². The quantitative estimate of drug-likeness (QED) is 0.0301. The van der Waals surface area contributed by atoms with Gasteiger partial charge in [-0.05, 0) is 178 Å². The van der Waals surface area contributed by atoms with E-state index in [1.807, 2.05) is 36.4 Å². The fourth-order valence-corrected chi connectivity index (χ4v) is 9.04. The van der Waals surface area contributed by atoms with Crippen molar-refractivity contribution in [3.8, 4) is 11.1 Å². The Balaban J connectivity index is 0.733. The smallest absolute Gasteiger partial charge is 0.333 e. The minimum Gasteiger partial charge on any atom is -0.462 e. The van der Waals surface area contributed by atoms with Crippen molar-refractivity contribution in [3.63, 3.8) is 0 Å². The molecule has 5 aromatic rings. The molecule has 0 aromatic heterocycles. The Bertz CT molecular complexity index is 2200. The van der Waals surface area contributed by atoms with Gasteiger partial charge >= 0.3 is 5.97 Å². The molecule has 0 atom stereocenters. The fraction of sp³-hybridized carbons (Fsp3) is 0.411. The Kier molecular flexibility index (Phi) is 17.4. The van der Waals surface area contributed by atoms with Crippen molar-refractivity contribution in [3.05, 3.63) is 150 Å². The molecule has 0 radical (unpaired) electrons. The van der Waals surface area contributed by atoms with E-state index in [0.717, 1.165) is 67.4 Å².